The lowest BCUT2D eigenvalue weighted by molar-refractivity contribution is 0.0858. The topological polar surface area (TPSA) is 57.0 Å². The first-order chi connectivity index (χ1) is 13.5. The number of carbonyl (C=O) groups excluding carboxylic acids is 1. The molecule has 0 radical (unpaired) electrons. The highest BCUT2D eigenvalue weighted by Crippen LogP contribution is 2.27. The molecule has 0 aliphatic rings. The van der Waals surface area contributed by atoms with Crippen LogP contribution in [0.25, 0.3) is 11.4 Å². The number of nitrogens with zero attached hydrogens (tertiary/aromatic N) is 3. The lowest BCUT2D eigenvalue weighted by Crippen LogP contribution is -2.22. The lowest BCUT2D eigenvalue weighted by Gasteiger charge is -2.15. The zero-order valence-electron chi connectivity index (χ0n) is 16.3. The summed E-state index contributed by atoms with van der Waals surface area (Å²) in [4.78, 5) is 17.9. The van der Waals surface area contributed by atoms with Crippen molar-refractivity contribution in [3.8, 4) is 17.4 Å². The number of hydrogen-bond donors (Lipinski definition) is 0. The molecule has 1 aromatic heterocycles. The minimum Gasteiger partial charge on any atom is -0.462 e. The van der Waals surface area contributed by atoms with E-state index in [4.69, 9.17) is 16.3 Å². The highest BCUT2D eigenvalue weighted by Gasteiger charge is 2.26. The van der Waals surface area contributed by atoms with Crippen molar-refractivity contribution in [2.45, 2.75) is 33.1 Å². The summed E-state index contributed by atoms with van der Waals surface area (Å²) < 4.78 is 7.03. The molecule has 1 unspecified atom stereocenters. The molecule has 146 valence electrons. The number of rotatable bonds is 7. The van der Waals surface area contributed by atoms with Gasteiger partial charge < -0.3 is 4.74 Å². The summed E-state index contributed by atoms with van der Waals surface area (Å²) in [6.07, 6.45) is 0.653. The van der Waals surface area contributed by atoms with E-state index in [1.54, 1.807) is 12.1 Å². The molecule has 0 spiro atoms. The number of ether oxygens (including phenoxy) is 1. The van der Waals surface area contributed by atoms with Gasteiger partial charge in [0.05, 0.1) is 12.5 Å². The molecule has 3 rings (SSSR count). The fourth-order valence-corrected chi connectivity index (χ4v) is 3.14. The van der Waals surface area contributed by atoms with Crippen molar-refractivity contribution in [1.29, 1.82) is 0 Å². The smallest absolute Gasteiger partial charge is 0.336 e. The molecule has 1 atom stereocenters. The Morgan fingerprint density at radius 3 is 2.54 bits per heavy atom. The van der Waals surface area contributed by atoms with Gasteiger partial charge in [-0.1, -0.05) is 74.8 Å². The van der Waals surface area contributed by atoms with Crippen LogP contribution in [0.15, 0.2) is 54.6 Å². The van der Waals surface area contributed by atoms with E-state index in [1.807, 2.05) is 63.2 Å². The Kier molecular flexibility index (Phi) is 6.47. The standard InChI is InChI=1S/C22H24ClN3O2/c1-4-19(16-9-6-5-7-10-16)21(27)26-20(17-11-8-12-18(23)13-17)24-22(25-26)28-14-15(2)3/h5-13,15,19H,4,14H2,1-3H3. The van der Waals surface area contributed by atoms with Crippen molar-refractivity contribution in [2.24, 2.45) is 5.92 Å². The lowest BCUT2D eigenvalue weighted by atomic mass is 9.95. The summed E-state index contributed by atoms with van der Waals surface area (Å²) in [6, 6.07) is 17.1. The number of aromatic nitrogens is 3. The molecule has 3 aromatic rings. The second kappa shape index (κ2) is 9.02. The van der Waals surface area contributed by atoms with Gasteiger partial charge in [-0.05, 0) is 30.0 Å². The molecule has 2 aromatic carbocycles. The van der Waals surface area contributed by atoms with Crippen LogP contribution in [0, 0.1) is 5.92 Å². The van der Waals surface area contributed by atoms with E-state index in [-0.39, 0.29) is 17.8 Å². The zero-order chi connectivity index (χ0) is 20.1. The minimum atomic E-state index is -0.321. The SMILES string of the molecule is CCC(C(=O)n1nc(OCC(C)C)nc1-c1cccc(Cl)c1)c1ccccc1. The second-order valence-corrected chi connectivity index (χ2v) is 7.49. The highest BCUT2D eigenvalue weighted by atomic mass is 35.5. The summed E-state index contributed by atoms with van der Waals surface area (Å²) in [5.74, 6) is 0.292. The normalized spacial score (nSPS) is 12.2. The summed E-state index contributed by atoms with van der Waals surface area (Å²) in [7, 11) is 0. The van der Waals surface area contributed by atoms with Crippen LogP contribution >= 0.6 is 11.6 Å². The van der Waals surface area contributed by atoms with Gasteiger partial charge in [0.15, 0.2) is 5.82 Å². The van der Waals surface area contributed by atoms with Gasteiger partial charge in [-0.25, -0.2) is 0 Å². The predicted octanol–water partition coefficient (Wildman–Crippen LogP) is 5.47. The Morgan fingerprint density at radius 2 is 1.89 bits per heavy atom. The van der Waals surface area contributed by atoms with Crippen LogP contribution in [0.1, 0.15) is 43.5 Å². The van der Waals surface area contributed by atoms with Crippen molar-refractivity contribution < 1.29 is 9.53 Å². The van der Waals surface area contributed by atoms with Crippen molar-refractivity contribution in [3.05, 3.63) is 65.2 Å². The number of carbonyl (C=O) groups is 1. The highest BCUT2D eigenvalue weighted by molar-refractivity contribution is 6.30. The van der Waals surface area contributed by atoms with E-state index >= 15 is 0 Å². The van der Waals surface area contributed by atoms with E-state index < -0.39 is 0 Å². The van der Waals surface area contributed by atoms with Crippen molar-refractivity contribution in [2.75, 3.05) is 6.61 Å². The molecule has 6 heteroatoms. The molecule has 1 heterocycles. The maximum atomic E-state index is 13.4. The third-order valence-corrected chi connectivity index (χ3v) is 4.57. The molecule has 0 fully saturated rings. The largest absolute Gasteiger partial charge is 0.462 e. The van der Waals surface area contributed by atoms with Gasteiger partial charge >= 0.3 is 6.01 Å². The van der Waals surface area contributed by atoms with Gasteiger partial charge in [0, 0.05) is 10.6 Å². The molecule has 0 aliphatic carbocycles. The van der Waals surface area contributed by atoms with Gasteiger partial charge in [-0.15, -0.1) is 5.10 Å². The van der Waals surface area contributed by atoms with Crippen LogP contribution in [-0.2, 0) is 0 Å². The third-order valence-electron chi connectivity index (χ3n) is 4.33. The van der Waals surface area contributed by atoms with Gasteiger partial charge in [-0.3, -0.25) is 4.79 Å². The van der Waals surface area contributed by atoms with E-state index in [0.717, 1.165) is 11.1 Å². The summed E-state index contributed by atoms with van der Waals surface area (Å²) >= 11 is 6.15. The second-order valence-electron chi connectivity index (χ2n) is 7.05. The van der Waals surface area contributed by atoms with Crippen LogP contribution < -0.4 is 4.74 Å². The van der Waals surface area contributed by atoms with Crippen LogP contribution in [0.3, 0.4) is 0 Å². The molecule has 0 aliphatic heterocycles. The Labute approximate surface area is 170 Å². The average Bonchev–Trinajstić information content (AvgIpc) is 3.12. The third kappa shape index (κ3) is 4.60. The first kappa shape index (κ1) is 20.1. The monoisotopic (exact) mass is 397 g/mol. The Balaban J connectivity index is 2.03. The summed E-state index contributed by atoms with van der Waals surface area (Å²) in [5.41, 5.74) is 1.67. The number of halogens is 1. The maximum absolute atomic E-state index is 13.4. The fraction of sp³-hybridized carbons (Fsp3) is 0.318. The fourth-order valence-electron chi connectivity index (χ4n) is 2.95. The Bertz CT molecular complexity index is 938. The first-order valence-corrected chi connectivity index (χ1v) is 9.82. The Morgan fingerprint density at radius 1 is 1.14 bits per heavy atom. The number of hydrogen-bond acceptors (Lipinski definition) is 4. The molecule has 28 heavy (non-hydrogen) atoms. The molecule has 0 saturated heterocycles. The molecular formula is C22H24ClN3O2. The first-order valence-electron chi connectivity index (χ1n) is 9.44. The van der Waals surface area contributed by atoms with E-state index in [0.29, 0.717) is 29.8 Å². The van der Waals surface area contributed by atoms with E-state index in [2.05, 4.69) is 10.1 Å². The molecule has 5 nitrogen and oxygen atoms in total. The van der Waals surface area contributed by atoms with Crippen molar-refractivity contribution in [1.82, 2.24) is 14.8 Å². The van der Waals surface area contributed by atoms with Crippen LogP contribution in [-0.4, -0.2) is 27.3 Å². The molecular weight excluding hydrogens is 374 g/mol. The minimum absolute atomic E-state index is 0.143. The molecule has 0 bridgehead atoms. The van der Waals surface area contributed by atoms with Gasteiger partial charge in [0.25, 0.3) is 5.91 Å². The van der Waals surface area contributed by atoms with E-state index in [1.165, 1.54) is 4.68 Å². The van der Waals surface area contributed by atoms with Crippen molar-refractivity contribution in [3.63, 3.8) is 0 Å². The van der Waals surface area contributed by atoms with Gasteiger partial charge in [0.2, 0.25) is 0 Å². The van der Waals surface area contributed by atoms with Gasteiger partial charge in [-0.2, -0.15) is 9.67 Å². The predicted molar refractivity (Wildman–Crippen MR) is 111 cm³/mol. The van der Waals surface area contributed by atoms with Gasteiger partial charge in [0.1, 0.15) is 0 Å². The van der Waals surface area contributed by atoms with Crippen LogP contribution in [0.5, 0.6) is 6.01 Å². The maximum Gasteiger partial charge on any atom is 0.336 e. The molecule has 0 N–H and O–H groups in total. The zero-order valence-corrected chi connectivity index (χ0v) is 17.1. The van der Waals surface area contributed by atoms with Crippen molar-refractivity contribution >= 4 is 17.5 Å². The van der Waals surface area contributed by atoms with Crippen LogP contribution in [0.2, 0.25) is 5.02 Å². The van der Waals surface area contributed by atoms with Crippen LogP contribution in [0.4, 0.5) is 0 Å². The summed E-state index contributed by atoms with van der Waals surface area (Å²) in [5, 5.41) is 4.94. The summed E-state index contributed by atoms with van der Waals surface area (Å²) in [6.45, 7) is 6.55. The number of benzene rings is 2. The Hall–Kier alpha value is -2.66. The quantitative estimate of drug-likeness (QED) is 0.530. The molecule has 0 amide bonds. The van der Waals surface area contributed by atoms with E-state index in [9.17, 15) is 4.79 Å². The average molecular weight is 398 g/mol. The molecule has 0 saturated carbocycles.